The second-order valence-corrected chi connectivity index (χ2v) is 10.8. The van der Waals surface area contributed by atoms with Gasteiger partial charge in [-0.1, -0.05) is 13.8 Å². The molecule has 144 valence electrons. The van der Waals surface area contributed by atoms with Crippen molar-refractivity contribution in [3.63, 3.8) is 0 Å². The van der Waals surface area contributed by atoms with Crippen LogP contribution in [0.2, 0.25) is 0 Å². The Labute approximate surface area is 151 Å². The van der Waals surface area contributed by atoms with Crippen LogP contribution in [0.15, 0.2) is 0 Å². The number of hydrogen-bond acceptors (Lipinski definition) is 6. The molecule has 2 atom stereocenters. The minimum atomic E-state index is -2.85. The zero-order valence-corrected chi connectivity index (χ0v) is 16.3. The van der Waals surface area contributed by atoms with Crippen LogP contribution in [0, 0.1) is 5.41 Å². The molecule has 3 saturated heterocycles. The Morgan fingerprint density at radius 1 is 1.12 bits per heavy atom. The predicted molar refractivity (Wildman–Crippen MR) is 98.0 cm³/mol. The SMILES string of the molecule is CC1(C)CN(CC(=O)N2CCN(C3CCS(=O)(=O)C3)CC2)CCC1N. The third-order valence-electron chi connectivity index (χ3n) is 6.14. The highest BCUT2D eigenvalue weighted by Gasteiger charge is 2.36. The molecule has 0 aromatic carbocycles. The third kappa shape index (κ3) is 4.53. The van der Waals surface area contributed by atoms with Crippen LogP contribution in [0.3, 0.4) is 0 Å². The summed E-state index contributed by atoms with van der Waals surface area (Å²) in [5, 5.41) is 0. The molecule has 3 fully saturated rings. The highest BCUT2D eigenvalue weighted by Crippen LogP contribution is 2.27. The van der Waals surface area contributed by atoms with Gasteiger partial charge in [-0.2, -0.15) is 0 Å². The van der Waals surface area contributed by atoms with Crippen LogP contribution < -0.4 is 5.73 Å². The molecule has 0 radical (unpaired) electrons. The number of rotatable bonds is 3. The number of nitrogens with two attached hydrogens (primary N) is 1. The summed E-state index contributed by atoms with van der Waals surface area (Å²) in [6.45, 7) is 9.51. The Hall–Kier alpha value is -0.700. The number of carbonyl (C=O) groups is 1. The van der Waals surface area contributed by atoms with Crippen molar-refractivity contribution in [3.05, 3.63) is 0 Å². The molecule has 2 unspecified atom stereocenters. The highest BCUT2D eigenvalue weighted by atomic mass is 32.2. The lowest BCUT2D eigenvalue weighted by Gasteiger charge is -2.43. The van der Waals surface area contributed by atoms with Crippen LogP contribution in [0.1, 0.15) is 26.7 Å². The fraction of sp³-hybridized carbons (Fsp3) is 0.941. The maximum absolute atomic E-state index is 12.6. The molecule has 0 bridgehead atoms. The molecule has 8 heteroatoms. The van der Waals surface area contributed by atoms with E-state index in [-0.39, 0.29) is 29.2 Å². The summed E-state index contributed by atoms with van der Waals surface area (Å²) in [6, 6.07) is 0.344. The van der Waals surface area contributed by atoms with Gasteiger partial charge in [0.15, 0.2) is 9.84 Å². The van der Waals surface area contributed by atoms with Gasteiger partial charge in [-0.15, -0.1) is 0 Å². The lowest BCUT2D eigenvalue weighted by Crippen LogP contribution is -2.57. The van der Waals surface area contributed by atoms with Gasteiger partial charge in [0, 0.05) is 51.4 Å². The predicted octanol–water partition coefficient (Wildman–Crippen LogP) is -0.623. The standard InChI is InChI=1S/C17H32N4O3S/c1-17(2)13-19(5-3-15(17)18)11-16(22)21-8-6-20(7-9-21)14-4-10-25(23,24)12-14/h14-15H,3-13,18H2,1-2H3. The van der Waals surface area contributed by atoms with Crippen LogP contribution in [-0.2, 0) is 14.6 Å². The van der Waals surface area contributed by atoms with E-state index in [1.54, 1.807) is 0 Å². The van der Waals surface area contributed by atoms with Crippen molar-refractivity contribution in [1.82, 2.24) is 14.7 Å². The van der Waals surface area contributed by atoms with E-state index in [1.165, 1.54) is 0 Å². The number of hydrogen-bond donors (Lipinski definition) is 1. The Bertz CT molecular complexity index is 599. The first-order valence-electron chi connectivity index (χ1n) is 9.36. The molecule has 0 saturated carbocycles. The molecule has 0 aromatic heterocycles. The number of piperazine rings is 1. The average Bonchev–Trinajstić information content (AvgIpc) is 2.91. The molecule has 25 heavy (non-hydrogen) atoms. The average molecular weight is 373 g/mol. The lowest BCUT2D eigenvalue weighted by atomic mass is 9.80. The molecule has 0 aliphatic carbocycles. The van der Waals surface area contributed by atoms with E-state index in [2.05, 4.69) is 23.6 Å². The van der Waals surface area contributed by atoms with E-state index >= 15 is 0 Å². The van der Waals surface area contributed by atoms with Gasteiger partial charge in [0.05, 0.1) is 18.1 Å². The third-order valence-corrected chi connectivity index (χ3v) is 7.89. The summed E-state index contributed by atoms with van der Waals surface area (Å²) in [5.74, 6) is 0.776. The summed E-state index contributed by atoms with van der Waals surface area (Å²) >= 11 is 0. The van der Waals surface area contributed by atoms with Crippen molar-refractivity contribution in [2.75, 3.05) is 57.3 Å². The molecule has 3 rings (SSSR count). The molecule has 7 nitrogen and oxygen atoms in total. The second-order valence-electron chi connectivity index (χ2n) is 8.57. The minimum absolute atomic E-state index is 0.0468. The summed E-state index contributed by atoms with van der Waals surface area (Å²) in [7, 11) is -2.85. The van der Waals surface area contributed by atoms with Crippen LogP contribution >= 0.6 is 0 Å². The van der Waals surface area contributed by atoms with Crippen LogP contribution in [0.25, 0.3) is 0 Å². The Balaban J connectivity index is 1.46. The molecular weight excluding hydrogens is 340 g/mol. The van der Waals surface area contributed by atoms with Gasteiger partial charge in [-0.25, -0.2) is 8.42 Å². The van der Waals surface area contributed by atoms with Gasteiger partial charge in [0.25, 0.3) is 0 Å². The van der Waals surface area contributed by atoms with Crippen molar-refractivity contribution in [1.29, 1.82) is 0 Å². The topological polar surface area (TPSA) is 87.0 Å². The number of carbonyl (C=O) groups excluding carboxylic acids is 1. The summed E-state index contributed by atoms with van der Waals surface area (Å²) in [5.41, 5.74) is 6.22. The monoisotopic (exact) mass is 372 g/mol. The van der Waals surface area contributed by atoms with Crippen LogP contribution in [-0.4, -0.2) is 98.4 Å². The summed E-state index contributed by atoms with van der Waals surface area (Å²) < 4.78 is 23.3. The lowest BCUT2D eigenvalue weighted by molar-refractivity contribution is -0.135. The number of amides is 1. The number of sulfone groups is 1. The Kier molecular flexibility index (Phi) is 5.44. The molecule has 3 aliphatic rings. The van der Waals surface area contributed by atoms with Crippen molar-refractivity contribution in [2.24, 2.45) is 11.1 Å². The molecule has 1 amide bonds. The van der Waals surface area contributed by atoms with Crippen molar-refractivity contribution in [3.8, 4) is 0 Å². The van der Waals surface area contributed by atoms with Crippen LogP contribution in [0.5, 0.6) is 0 Å². The summed E-state index contributed by atoms with van der Waals surface area (Å²) in [4.78, 5) is 19.0. The first-order valence-corrected chi connectivity index (χ1v) is 11.2. The molecular formula is C17H32N4O3S. The zero-order chi connectivity index (χ0) is 18.2. The van der Waals surface area contributed by atoms with Gasteiger partial charge in [0.2, 0.25) is 5.91 Å². The second kappa shape index (κ2) is 7.13. The van der Waals surface area contributed by atoms with E-state index < -0.39 is 9.84 Å². The highest BCUT2D eigenvalue weighted by molar-refractivity contribution is 7.91. The number of likely N-dealkylation sites (tertiary alicyclic amines) is 1. The quantitative estimate of drug-likeness (QED) is 0.710. The van der Waals surface area contributed by atoms with Gasteiger partial charge in [-0.05, 0) is 18.3 Å². The maximum atomic E-state index is 12.6. The van der Waals surface area contributed by atoms with Crippen molar-refractivity contribution < 1.29 is 13.2 Å². The number of piperidine rings is 1. The van der Waals surface area contributed by atoms with E-state index in [1.807, 2.05) is 4.90 Å². The Morgan fingerprint density at radius 2 is 1.80 bits per heavy atom. The van der Waals surface area contributed by atoms with Gasteiger partial charge < -0.3 is 10.6 Å². The maximum Gasteiger partial charge on any atom is 0.236 e. The van der Waals surface area contributed by atoms with E-state index in [9.17, 15) is 13.2 Å². The molecule has 2 N–H and O–H groups in total. The normalized spacial score (nSPS) is 33.5. The first-order chi connectivity index (χ1) is 11.7. The molecule has 0 spiro atoms. The first kappa shape index (κ1) is 19.1. The van der Waals surface area contributed by atoms with Gasteiger partial charge in [0.1, 0.15) is 0 Å². The number of nitrogens with zero attached hydrogens (tertiary/aromatic N) is 3. The van der Waals surface area contributed by atoms with Gasteiger partial charge in [-0.3, -0.25) is 14.6 Å². The zero-order valence-electron chi connectivity index (χ0n) is 15.5. The molecule has 0 aromatic rings. The smallest absolute Gasteiger partial charge is 0.236 e. The van der Waals surface area contributed by atoms with Crippen molar-refractivity contribution in [2.45, 2.75) is 38.8 Å². The molecule has 3 heterocycles. The Morgan fingerprint density at radius 3 is 2.36 bits per heavy atom. The van der Waals surface area contributed by atoms with E-state index in [4.69, 9.17) is 5.73 Å². The fourth-order valence-corrected chi connectivity index (χ4v) is 6.07. The minimum Gasteiger partial charge on any atom is -0.339 e. The molecule has 3 aliphatic heterocycles. The van der Waals surface area contributed by atoms with Crippen molar-refractivity contribution >= 4 is 15.7 Å². The summed E-state index contributed by atoms with van der Waals surface area (Å²) in [6.07, 6.45) is 1.67. The van der Waals surface area contributed by atoms with E-state index in [0.717, 1.165) is 39.0 Å². The largest absolute Gasteiger partial charge is 0.339 e. The van der Waals surface area contributed by atoms with Gasteiger partial charge >= 0.3 is 0 Å². The van der Waals surface area contributed by atoms with E-state index in [0.29, 0.717) is 25.4 Å². The van der Waals surface area contributed by atoms with Crippen LogP contribution in [0.4, 0.5) is 0 Å². The fourth-order valence-electron chi connectivity index (χ4n) is 4.31.